The maximum atomic E-state index is 10.6. The Balaban J connectivity index is 0.000000406. The third-order valence-electron chi connectivity index (χ3n) is 4.97. The van der Waals surface area contributed by atoms with E-state index in [1.165, 1.54) is 0 Å². The first kappa shape index (κ1) is 24.5. The molecule has 0 saturated carbocycles. The molecule has 7 nitrogen and oxygen atoms in total. The number of benzene rings is 2. The van der Waals surface area contributed by atoms with Gasteiger partial charge in [-0.3, -0.25) is 4.68 Å². The summed E-state index contributed by atoms with van der Waals surface area (Å²) in [7, 11) is 1.94. The molecule has 34 heavy (non-hydrogen) atoms. The van der Waals surface area contributed by atoms with Crippen LogP contribution in [0.2, 0.25) is 0 Å². The lowest BCUT2D eigenvalue weighted by molar-refractivity contribution is -0.192. The van der Waals surface area contributed by atoms with Crippen LogP contribution in [0.5, 0.6) is 0 Å². The highest BCUT2D eigenvalue weighted by atomic mass is 19.4. The highest BCUT2D eigenvalue weighted by Crippen LogP contribution is 2.29. The van der Waals surface area contributed by atoms with Crippen LogP contribution in [-0.2, 0) is 17.3 Å². The van der Waals surface area contributed by atoms with Crippen LogP contribution in [0.3, 0.4) is 0 Å². The number of hydrogen-bond donors (Lipinski definition) is 2. The van der Waals surface area contributed by atoms with Gasteiger partial charge in [-0.15, -0.1) is 0 Å². The predicted molar refractivity (Wildman–Crippen MR) is 121 cm³/mol. The van der Waals surface area contributed by atoms with Crippen molar-refractivity contribution in [3.63, 3.8) is 0 Å². The van der Waals surface area contributed by atoms with Gasteiger partial charge in [-0.25, -0.2) is 9.78 Å². The molecule has 2 N–H and O–H groups in total. The minimum atomic E-state index is -5.08. The number of halogens is 3. The zero-order valence-electron chi connectivity index (χ0n) is 18.9. The molecule has 4 rings (SSSR count). The fourth-order valence-corrected chi connectivity index (χ4v) is 3.19. The summed E-state index contributed by atoms with van der Waals surface area (Å²) in [5.74, 6) is -1.96. The summed E-state index contributed by atoms with van der Waals surface area (Å²) in [6.07, 6.45) is -5.08. The molecule has 0 aliphatic rings. The number of aromatic nitrogens is 4. The Morgan fingerprint density at radius 2 is 1.76 bits per heavy atom. The van der Waals surface area contributed by atoms with Crippen LogP contribution in [0.25, 0.3) is 33.7 Å². The topological polar surface area (TPSA) is 108 Å². The molecule has 0 radical (unpaired) electrons. The van der Waals surface area contributed by atoms with Crippen molar-refractivity contribution in [2.45, 2.75) is 32.4 Å². The number of carboxylic acid groups (broad SMARTS) is 1. The molecular formula is C24H22F3N5O2. The maximum absolute atomic E-state index is 10.6. The van der Waals surface area contributed by atoms with Crippen LogP contribution in [-0.4, -0.2) is 37.0 Å². The molecule has 0 atom stereocenters. The fourth-order valence-electron chi connectivity index (χ4n) is 3.19. The number of aromatic amines is 1. The van der Waals surface area contributed by atoms with Crippen LogP contribution >= 0.6 is 0 Å². The van der Waals surface area contributed by atoms with Gasteiger partial charge < -0.3 is 10.1 Å². The van der Waals surface area contributed by atoms with E-state index in [1.807, 2.05) is 54.2 Å². The van der Waals surface area contributed by atoms with Crippen LogP contribution in [0.15, 0.2) is 48.5 Å². The lowest BCUT2D eigenvalue weighted by atomic mass is 9.92. The number of nitrogens with zero attached hydrogens (tertiary/aromatic N) is 4. The molecule has 0 aliphatic heterocycles. The summed E-state index contributed by atoms with van der Waals surface area (Å²) in [5, 5.41) is 21.1. The second-order valence-electron chi connectivity index (χ2n) is 8.57. The van der Waals surface area contributed by atoms with E-state index in [0.29, 0.717) is 5.56 Å². The van der Waals surface area contributed by atoms with E-state index < -0.39 is 12.1 Å². The van der Waals surface area contributed by atoms with Crippen molar-refractivity contribution in [1.82, 2.24) is 19.7 Å². The summed E-state index contributed by atoms with van der Waals surface area (Å²) in [6, 6.07) is 18.0. The average Bonchev–Trinajstić information content (AvgIpc) is 3.36. The van der Waals surface area contributed by atoms with Gasteiger partial charge >= 0.3 is 12.1 Å². The number of imidazole rings is 1. The van der Waals surface area contributed by atoms with Gasteiger partial charge in [0.25, 0.3) is 0 Å². The summed E-state index contributed by atoms with van der Waals surface area (Å²) < 4.78 is 33.6. The van der Waals surface area contributed by atoms with Gasteiger partial charge in [0, 0.05) is 12.5 Å². The van der Waals surface area contributed by atoms with Gasteiger partial charge in [0.05, 0.1) is 28.4 Å². The van der Waals surface area contributed by atoms with Crippen LogP contribution in [0.4, 0.5) is 13.2 Å². The summed E-state index contributed by atoms with van der Waals surface area (Å²) >= 11 is 0. The molecule has 2 aromatic carbocycles. The number of rotatable bonds is 2. The van der Waals surface area contributed by atoms with Crippen molar-refractivity contribution in [2.24, 2.45) is 7.05 Å². The summed E-state index contributed by atoms with van der Waals surface area (Å²) in [6.45, 7) is 6.45. The maximum Gasteiger partial charge on any atom is 0.490 e. The Morgan fingerprint density at radius 1 is 1.12 bits per heavy atom. The van der Waals surface area contributed by atoms with Gasteiger partial charge in [0.1, 0.15) is 5.69 Å². The largest absolute Gasteiger partial charge is 0.490 e. The fraction of sp³-hybridized carbons (Fsp3) is 0.250. The highest BCUT2D eigenvalue weighted by molar-refractivity contribution is 5.85. The second-order valence-corrected chi connectivity index (χ2v) is 8.57. The van der Waals surface area contributed by atoms with Crippen molar-refractivity contribution in [3.8, 4) is 28.7 Å². The lowest BCUT2D eigenvalue weighted by Crippen LogP contribution is -2.21. The molecule has 2 heterocycles. The van der Waals surface area contributed by atoms with E-state index in [9.17, 15) is 18.4 Å². The molecule has 0 fully saturated rings. The first-order valence-electron chi connectivity index (χ1n) is 10.2. The number of aliphatic carboxylic acids is 1. The molecule has 4 aromatic rings. The monoisotopic (exact) mass is 469 g/mol. The Morgan fingerprint density at radius 3 is 2.32 bits per heavy atom. The zero-order chi connectivity index (χ0) is 25.3. The number of H-pyrrole nitrogens is 1. The van der Waals surface area contributed by atoms with Gasteiger partial charge in [0.15, 0.2) is 5.82 Å². The van der Waals surface area contributed by atoms with Crippen molar-refractivity contribution >= 4 is 17.0 Å². The molecule has 176 valence electrons. The van der Waals surface area contributed by atoms with Gasteiger partial charge in [-0.1, -0.05) is 45.0 Å². The van der Waals surface area contributed by atoms with E-state index >= 15 is 0 Å². The Labute approximate surface area is 193 Å². The molecule has 2 aromatic heterocycles. The van der Waals surface area contributed by atoms with E-state index in [1.54, 1.807) is 0 Å². The number of aryl methyl sites for hydroxylation is 1. The van der Waals surface area contributed by atoms with Crippen molar-refractivity contribution in [1.29, 1.82) is 5.26 Å². The van der Waals surface area contributed by atoms with Crippen molar-refractivity contribution in [3.05, 3.63) is 59.8 Å². The molecule has 10 heteroatoms. The minimum Gasteiger partial charge on any atom is -0.475 e. The number of carboxylic acids is 1. The third kappa shape index (κ3) is 5.26. The summed E-state index contributed by atoms with van der Waals surface area (Å²) in [4.78, 5) is 17.0. The molecular weight excluding hydrogens is 447 g/mol. The third-order valence-corrected chi connectivity index (χ3v) is 4.97. The normalized spacial score (nSPS) is 11.6. The number of hydrogen-bond acceptors (Lipinski definition) is 4. The standard InChI is InChI=1S/C22H21N5.C2HF3O2/c1-22(2,3)20-12-19(27(4)26-20)21-24-17-10-9-14(11-18(17)25-21)16-8-6-5-7-15(16)13-23;3-2(4,5)1(6)7/h5-12H,1-4H3,(H,24,25);(H,6,7). The van der Waals surface area contributed by atoms with E-state index in [2.05, 4.69) is 43.0 Å². The van der Waals surface area contributed by atoms with E-state index in [-0.39, 0.29) is 5.41 Å². The number of fused-ring (bicyclic) bond motifs is 1. The van der Waals surface area contributed by atoms with Gasteiger partial charge in [-0.2, -0.15) is 23.5 Å². The van der Waals surface area contributed by atoms with Gasteiger partial charge in [0.2, 0.25) is 0 Å². The first-order chi connectivity index (χ1) is 15.8. The summed E-state index contributed by atoms with van der Waals surface area (Å²) in [5.41, 5.74) is 6.38. The molecule has 0 spiro atoms. The second kappa shape index (κ2) is 9.02. The first-order valence-corrected chi connectivity index (χ1v) is 10.2. The molecule has 0 aliphatic carbocycles. The molecule has 0 unspecified atom stereocenters. The lowest BCUT2D eigenvalue weighted by Gasteiger charge is -2.13. The molecule has 0 amide bonds. The van der Waals surface area contributed by atoms with E-state index in [4.69, 9.17) is 14.9 Å². The smallest absolute Gasteiger partial charge is 0.475 e. The Kier molecular flexibility index (Phi) is 6.50. The number of nitriles is 1. The van der Waals surface area contributed by atoms with E-state index in [0.717, 1.165) is 39.4 Å². The Hall–Kier alpha value is -4.13. The number of carbonyl (C=O) groups is 1. The predicted octanol–water partition coefficient (Wildman–Crippen LogP) is 5.43. The van der Waals surface area contributed by atoms with Crippen molar-refractivity contribution < 1.29 is 23.1 Å². The highest BCUT2D eigenvalue weighted by Gasteiger charge is 2.38. The SMILES string of the molecule is Cn1nc(C(C)(C)C)cc1-c1nc2ccc(-c3ccccc3C#N)cc2[nH]1.O=C(O)C(F)(F)F. The molecule has 0 saturated heterocycles. The van der Waals surface area contributed by atoms with Crippen LogP contribution < -0.4 is 0 Å². The zero-order valence-corrected chi connectivity index (χ0v) is 18.9. The van der Waals surface area contributed by atoms with Crippen LogP contribution in [0, 0.1) is 11.3 Å². The molecule has 0 bridgehead atoms. The van der Waals surface area contributed by atoms with Gasteiger partial charge in [-0.05, 0) is 35.4 Å². The van der Waals surface area contributed by atoms with Crippen molar-refractivity contribution in [2.75, 3.05) is 0 Å². The Bertz CT molecular complexity index is 1390. The number of nitrogens with one attached hydrogen (secondary N) is 1. The number of alkyl halides is 3. The quantitative estimate of drug-likeness (QED) is 0.407. The average molecular weight is 469 g/mol. The van der Waals surface area contributed by atoms with Crippen LogP contribution in [0.1, 0.15) is 32.0 Å². The minimum absolute atomic E-state index is 0.0177.